The first kappa shape index (κ1) is 16.3. The standard InChI is InChI=1S/C19H17N3OS/c1-2-3-12-22-17-7-5-4-6-16(17)18(19(22)23)21-14-8-10-15(11-9-14)24-13-20/h4-11H,2-3,12H2,1H3. The van der Waals surface area contributed by atoms with Crippen molar-refractivity contribution < 1.29 is 4.79 Å². The fraction of sp³-hybridized carbons (Fsp3) is 0.211. The second-order valence-corrected chi connectivity index (χ2v) is 6.33. The van der Waals surface area contributed by atoms with Crippen LogP contribution in [0.3, 0.4) is 0 Å². The smallest absolute Gasteiger partial charge is 0.277 e. The number of unbranched alkanes of at least 4 members (excludes halogenated alkanes) is 1. The van der Waals surface area contributed by atoms with Gasteiger partial charge in [0.2, 0.25) is 0 Å². The molecule has 0 aliphatic carbocycles. The molecule has 1 aliphatic rings. The SMILES string of the molecule is CCCCN1C(=O)C(=Nc2ccc(SC#N)cc2)c2ccccc21. The Labute approximate surface area is 145 Å². The van der Waals surface area contributed by atoms with Crippen LogP contribution in [0, 0.1) is 10.7 Å². The number of thioether (sulfide) groups is 1. The number of carbonyl (C=O) groups is 1. The number of nitrogens with zero attached hydrogens (tertiary/aromatic N) is 3. The van der Waals surface area contributed by atoms with Crippen molar-refractivity contribution in [2.45, 2.75) is 24.7 Å². The fourth-order valence-electron chi connectivity index (χ4n) is 2.68. The molecule has 2 aromatic rings. The average Bonchev–Trinajstić information content (AvgIpc) is 2.87. The van der Waals surface area contributed by atoms with Crippen molar-refractivity contribution in [2.24, 2.45) is 4.99 Å². The predicted octanol–water partition coefficient (Wildman–Crippen LogP) is 4.53. The third kappa shape index (κ3) is 3.19. The zero-order valence-electron chi connectivity index (χ0n) is 13.4. The molecule has 0 spiro atoms. The molecule has 0 saturated carbocycles. The van der Waals surface area contributed by atoms with Gasteiger partial charge in [0.15, 0.2) is 0 Å². The van der Waals surface area contributed by atoms with Crippen molar-refractivity contribution in [1.29, 1.82) is 5.26 Å². The molecule has 0 saturated heterocycles. The molecule has 1 aliphatic heterocycles. The number of amides is 1. The van der Waals surface area contributed by atoms with Gasteiger partial charge >= 0.3 is 0 Å². The van der Waals surface area contributed by atoms with Crippen molar-refractivity contribution in [3.05, 3.63) is 54.1 Å². The highest BCUT2D eigenvalue weighted by Crippen LogP contribution is 2.31. The lowest BCUT2D eigenvalue weighted by atomic mass is 10.1. The lowest BCUT2D eigenvalue weighted by Crippen LogP contribution is -2.30. The van der Waals surface area contributed by atoms with E-state index in [0.29, 0.717) is 17.9 Å². The van der Waals surface area contributed by atoms with E-state index >= 15 is 0 Å². The summed E-state index contributed by atoms with van der Waals surface area (Å²) in [6, 6.07) is 15.1. The van der Waals surface area contributed by atoms with E-state index in [1.165, 1.54) is 0 Å². The summed E-state index contributed by atoms with van der Waals surface area (Å²) in [6.45, 7) is 2.82. The molecule has 4 nitrogen and oxygen atoms in total. The van der Waals surface area contributed by atoms with Gasteiger partial charge in [-0.25, -0.2) is 4.99 Å². The van der Waals surface area contributed by atoms with Gasteiger partial charge in [-0.2, -0.15) is 5.26 Å². The van der Waals surface area contributed by atoms with Crippen molar-refractivity contribution in [1.82, 2.24) is 0 Å². The zero-order chi connectivity index (χ0) is 16.9. The second-order valence-electron chi connectivity index (χ2n) is 5.48. The molecular weight excluding hydrogens is 318 g/mol. The first-order valence-electron chi connectivity index (χ1n) is 7.90. The van der Waals surface area contributed by atoms with Crippen LogP contribution in [0.1, 0.15) is 25.3 Å². The molecule has 0 fully saturated rings. The van der Waals surface area contributed by atoms with Crippen molar-refractivity contribution in [3.63, 3.8) is 0 Å². The molecule has 0 aromatic heterocycles. The monoisotopic (exact) mass is 335 g/mol. The molecular formula is C19H17N3OS. The first-order chi connectivity index (χ1) is 11.7. The fourth-order valence-corrected chi connectivity index (χ4v) is 3.06. The highest BCUT2D eigenvalue weighted by Gasteiger charge is 2.33. The first-order valence-corrected chi connectivity index (χ1v) is 8.72. The quantitative estimate of drug-likeness (QED) is 0.596. The summed E-state index contributed by atoms with van der Waals surface area (Å²) >= 11 is 1.11. The van der Waals surface area contributed by atoms with Gasteiger partial charge in [0.05, 0.1) is 11.4 Å². The molecule has 0 radical (unpaired) electrons. The number of thiocyanates is 1. The van der Waals surface area contributed by atoms with E-state index in [4.69, 9.17) is 5.26 Å². The Morgan fingerprint density at radius 1 is 1.17 bits per heavy atom. The third-order valence-electron chi connectivity index (χ3n) is 3.87. The molecule has 24 heavy (non-hydrogen) atoms. The van der Waals surface area contributed by atoms with E-state index in [1.807, 2.05) is 58.8 Å². The van der Waals surface area contributed by atoms with E-state index < -0.39 is 0 Å². The van der Waals surface area contributed by atoms with Gasteiger partial charge in [-0.05, 0) is 48.5 Å². The number of fused-ring (bicyclic) bond motifs is 1. The Morgan fingerprint density at radius 3 is 2.62 bits per heavy atom. The highest BCUT2D eigenvalue weighted by atomic mass is 32.2. The van der Waals surface area contributed by atoms with Crippen LogP contribution in [0.4, 0.5) is 11.4 Å². The van der Waals surface area contributed by atoms with Gasteiger partial charge in [-0.15, -0.1) is 0 Å². The van der Waals surface area contributed by atoms with Crippen LogP contribution in [0.2, 0.25) is 0 Å². The van der Waals surface area contributed by atoms with E-state index in [9.17, 15) is 4.79 Å². The third-order valence-corrected chi connectivity index (χ3v) is 4.47. The number of nitriles is 1. The minimum Gasteiger partial charge on any atom is -0.306 e. The molecule has 5 heteroatoms. The summed E-state index contributed by atoms with van der Waals surface area (Å²) in [4.78, 5) is 20.0. The minimum atomic E-state index is -0.0415. The maximum absolute atomic E-state index is 12.8. The number of hydrogen-bond acceptors (Lipinski definition) is 4. The van der Waals surface area contributed by atoms with Crippen LogP contribution in [0.25, 0.3) is 0 Å². The molecule has 1 amide bonds. The summed E-state index contributed by atoms with van der Waals surface area (Å²) in [6.07, 6.45) is 2.00. The number of hydrogen-bond donors (Lipinski definition) is 0. The van der Waals surface area contributed by atoms with Crippen molar-refractivity contribution in [2.75, 3.05) is 11.4 Å². The highest BCUT2D eigenvalue weighted by molar-refractivity contribution is 8.03. The Bertz CT molecular complexity index is 821. The second kappa shape index (κ2) is 7.33. The van der Waals surface area contributed by atoms with Gasteiger partial charge in [0.25, 0.3) is 5.91 Å². The number of carbonyl (C=O) groups excluding carboxylic acids is 1. The topological polar surface area (TPSA) is 56.5 Å². The number of benzene rings is 2. The maximum atomic E-state index is 12.8. The Hall–Kier alpha value is -2.58. The number of anilines is 1. The average molecular weight is 335 g/mol. The van der Waals surface area contributed by atoms with Gasteiger partial charge in [0.1, 0.15) is 11.1 Å². The summed E-state index contributed by atoms with van der Waals surface area (Å²) in [5.41, 5.74) is 3.02. The van der Waals surface area contributed by atoms with Gasteiger partial charge in [-0.1, -0.05) is 31.5 Å². The summed E-state index contributed by atoms with van der Waals surface area (Å²) in [5.74, 6) is -0.0415. The predicted molar refractivity (Wildman–Crippen MR) is 97.8 cm³/mol. The molecule has 1 heterocycles. The van der Waals surface area contributed by atoms with Crippen LogP contribution in [-0.4, -0.2) is 18.2 Å². The minimum absolute atomic E-state index is 0.0415. The number of aliphatic imine (C=N–C) groups is 1. The largest absolute Gasteiger partial charge is 0.306 e. The van der Waals surface area contributed by atoms with Crippen LogP contribution in [0.5, 0.6) is 0 Å². The lowest BCUT2D eigenvalue weighted by molar-refractivity contribution is -0.112. The summed E-state index contributed by atoms with van der Waals surface area (Å²) in [5, 5.41) is 10.7. The summed E-state index contributed by atoms with van der Waals surface area (Å²) < 4.78 is 0. The van der Waals surface area contributed by atoms with E-state index in [0.717, 1.165) is 40.7 Å². The van der Waals surface area contributed by atoms with Crippen molar-refractivity contribution >= 4 is 34.8 Å². The molecule has 0 bridgehead atoms. The van der Waals surface area contributed by atoms with Gasteiger partial charge < -0.3 is 4.90 Å². The normalized spacial score (nSPS) is 14.8. The van der Waals surface area contributed by atoms with E-state index in [-0.39, 0.29) is 5.91 Å². The van der Waals surface area contributed by atoms with Gasteiger partial charge in [0, 0.05) is 17.0 Å². The molecule has 3 rings (SSSR count). The maximum Gasteiger partial charge on any atom is 0.277 e. The number of para-hydroxylation sites is 1. The lowest BCUT2D eigenvalue weighted by Gasteiger charge is -2.15. The van der Waals surface area contributed by atoms with E-state index in [2.05, 4.69) is 11.9 Å². The Kier molecular flexibility index (Phi) is 4.97. The zero-order valence-corrected chi connectivity index (χ0v) is 14.2. The number of rotatable bonds is 5. The molecule has 0 atom stereocenters. The molecule has 2 aromatic carbocycles. The summed E-state index contributed by atoms with van der Waals surface area (Å²) in [7, 11) is 0. The Morgan fingerprint density at radius 2 is 1.92 bits per heavy atom. The van der Waals surface area contributed by atoms with E-state index in [1.54, 1.807) is 0 Å². The van der Waals surface area contributed by atoms with Crippen LogP contribution in [-0.2, 0) is 4.79 Å². The molecule has 120 valence electrons. The Balaban J connectivity index is 1.95. The van der Waals surface area contributed by atoms with Gasteiger partial charge in [-0.3, -0.25) is 4.79 Å². The van der Waals surface area contributed by atoms with Crippen LogP contribution in [0.15, 0.2) is 58.4 Å². The van der Waals surface area contributed by atoms with Crippen LogP contribution >= 0.6 is 11.8 Å². The van der Waals surface area contributed by atoms with Crippen LogP contribution < -0.4 is 4.90 Å². The van der Waals surface area contributed by atoms with Crippen molar-refractivity contribution in [3.8, 4) is 5.40 Å². The molecule has 0 unspecified atom stereocenters. The molecule has 0 N–H and O–H groups in total.